The van der Waals surface area contributed by atoms with Crippen LogP contribution < -0.4 is 10.6 Å². The van der Waals surface area contributed by atoms with E-state index in [1.165, 1.54) is 0 Å². The van der Waals surface area contributed by atoms with Crippen molar-refractivity contribution in [3.05, 3.63) is 0 Å². The molecule has 0 bridgehead atoms. The van der Waals surface area contributed by atoms with Gasteiger partial charge in [0, 0.05) is 24.5 Å². The molecule has 0 radical (unpaired) electrons. The molecule has 0 aliphatic carbocycles. The molecule has 0 aromatic carbocycles. The van der Waals surface area contributed by atoms with Gasteiger partial charge >= 0.3 is 6.18 Å². The van der Waals surface area contributed by atoms with Gasteiger partial charge in [-0.25, -0.2) is 0 Å². The van der Waals surface area contributed by atoms with Crippen LogP contribution in [0, 0.1) is 5.92 Å². The summed E-state index contributed by atoms with van der Waals surface area (Å²) in [7, 11) is 1.84. The first-order chi connectivity index (χ1) is 7.42. The van der Waals surface area contributed by atoms with Crippen molar-refractivity contribution >= 4 is 0 Å². The van der Waals surface area contributed by atoms with Crippen molar-refractivity contribution < 1.29 is 17.9 Å². The standard InChI is InChI=1S/C10H19F3N2O/c1-7(3-10(11,12)13)15-4-8-5-16-6-9(8)14-2/h7-9,14-15H,3-6H2,1-2H3. The Morgan fingerprint density at radius 3 is 2.62 bits per heavy atom. The Kier molecular flexibility index (Phi) is 5.01. The Bertz CT molecular complexity index is 211. The van der Waals surface area contributed by atoms with Crippen molar-refractivity contribution in [2.45, 2.75) is 31.6 Å². The Morgan fingerprint density at radius 2 is 2.06 bits per heavy atom. The van der Waals surface area contributed by atoms with Gasteiger partial charge in [0.25, 0.3) is 0 Å². The minimum Gasteiger partial charge on any atom is -0.379 e. The Morgan fingerprint density at radius 1 is 1.38 bits per heavy atom. The summed E-state index contributed by atoms with van der Waals surface area (Å²) in [5.74, 6) is 0.251. The smallest absolute Gasteiger partial charge is 0.379 e. The zero-order valence-corrected chi connectivity index (χ0v) is 9.60. The average Bonchev–Trinajstić information content (AvgIpc) is 2.59. The third-order valence-electron chi connectivity index (χ3n) is 2.84. The van der Waals surface area contributed by atoms with Gasteiger partial charge in [0.1, 0.15) is 0 Å². The van der Waals surface area contributed by atoms with Crippen molar-refractivity contribution in [3.63, 3.8) is 0 Å². The highest BCUT2D eigenvalue weighted by atomic mass is 19.4. The zero-order chi connectivity index (χ0) is 12.2. The third-order valence-corrected chi connectivity index (χ3v) is 2.84. The van der Waals surface area contributed by atoms with Gasteiger partial charge in [-0.05, 0) is 14.0 Å². The molecule has 1 fully saturated rings. The molecule has 96 valence electrons. The number of likely N-dealkylation sites (N-methyl/N-ethyl adjacent to an activating group) is 1. The summed E-state index contributed by atoms with van der Waals surface area (Å²) >= 11 is 0. The highest BCUT2D eigenvalue weighted by Crippen LogP contribution is 2.21. The van der Waals surface area contributed by atoms with Crippen LogP contribution in [0.2, 0.25) is 0 Å². The molecule has 0 amide bonds. The van der Waals surface area contributed by atoms with Crippen LogP contribution in [0.5, 0.6) is 0 Å². The largest absolute Gasteiger partial charge is 0.390 e. The number of nitrogens with one attached hydrogen (secondary N) is 2. The molecule has 0 saturated carbocycles. The zero-order valence-electron chi connectivity index (χ0n) is 9.60. The lowest BCUT2D eigenvalue weighted by Gasteiger charge is -2.21. The molecule has 0 spiro atoms. The molecule has 3 nitrogen and oxygen atoms in total. The number of ether oxygens (including phenoxy) is 1. The SMILES string of the molecule is CNC1COCC1CNC(C)CC(F)(F)F. The van der Waals surface area contributed by atoms with Crippen LogP contribution in [0.4, 0.5) is 13.2 Å². The fraction of sp³-hybridized carbons (Fsp3) is 1.00. The van der Waals surface area contributed by atoms with Crippen LogP contribution in [-0.4, -0.2) is 45.1 Å². The van der Waals surface area contributed by atoms with Crippen LogP contribution >= 0.6 is 0 Å². The quantitative estimate of drug-likeness (QED) is 0.756. The average molecular weight is 240 g/mol. The predicted molar refractivity (Wildman–Crippen MR) is 55.3 cm³/mol. The lowest BCUT2D eigenvalue weighted by atomic mass is 10.0. The van der Waals surface area contributed by atoms with Crippen LogP contribution in [-0.2, 0) is 4.74 Å². The van der Waals surface area contributed by atoms with E-state index >= 15 is 0 Å². The summed E-state index contributed by atoms with van der Waals surface area (Å²) in [5, 5.41) is 6.00. The summed E-state index contributed by atoms with van der Waals surface area (Å²) in [6.45, 7) is 3.36. The van der Waals surface area contributed by atoms with Gasteiger partial charge in [-0.15, -0.1) is 0 Å². The van der Waals surface area contributed by atoms with Crippen LogP contribution in [0.15, 0.2) is 0 Å². The van der Waals surface area contributed by atoms with E-state index in [-0.39, 0.29) is 12.0 Å². The van der Waals surface area contributed by atoms with Gasteiger partial charge in [0.15, 0.2) is 0 Å². The van der Waals surface area contributed by atoms with E-state index in [1.54, 1.807) is 6.92 Å². The number of alkyl halides is 3. The van der Waals surface area contributed by atoms with E-state index in [2.05, 4.69) is 10.6 Å². The van der Waals surface area contributed by atoms with Crippen molar-refractivity contribution in [2.24, 2.45) is 5.92 Å². The second-order valence-electron chi connectivity index (χ2n) is 4.32. The first-order valence-electron chi connectivity index (χ1n) is 5.47. The first-order valence-corrected chi connectivity index (χ1v) is 5.47. The van der Waals surface area contributed by atoms with Gasteiger partial charge in [-0.2, -0.15) is 13.2 Å². The second-order valence-corrected chi connectivity index (χ2v) is 4.32. The molecule has 3 unspecified atom stereocenters. The Balaban J connectivity index is 2.23. The van der Waals surface area contributed by atoms with Gasteiger partial charge in [0.2, 0.25) is 0 Å². The molecular formula is C10H19F3N2O. The van der Waals surface area contributed by atoms with E-state index in [1.807, 2.05) is 7.05 Å². The summed E-state index contributed by atoms with van der Waals surface area (Å²) in [4.78, 5) is 0. The maximum atomic E-state index is 12.1. The van der Waals surface area contributed by atoms with E-state index in [4.69, 9.17) is 4.74 Å². The maximum absolute atomic E-state index is 12.1. The molecule has 0 aromatic heterocycles. The number of halogens is 3. The lowest BCUT2D eigenvalue weighted by Crippen LogP contribution is -2.41. The second kappa shape index (κ2) is 5.84. The van der Waals surface area contributed by atoms with E-state index < -0.39 is 18.6 Å². The highest BCUT2D eigenvalue weighted by Gasteiger charge is 2.31. The third kappa shape index (κ3) is 4.67. The van der Waals surface area contributed by atoms with Crippen molar-refractivity contribution in [1.82, 2.24) is 10.6 Å². The molecule has 3 atom stereocenters. The summed E-state index contributed by atoms with van der Waals surface area (Å²) < 4.78 is 41.5. The fourth-order valence-corrected chi connectivity index (χ4v) is 1.89. The molecule has 1 rings (SSSR count). The van der Waals surface area contributed by atoms with Crippen molar-refractivity contribution in [3.8, 4) is 0 Å². The minimum absolute atomic E-state index is 0.241. The molecule has 1 heterocycles. The molecular weight excluding hydrogens is 221 g/mol. The molecule has 2 N–H and O–H groups in total. The fourth-order valence-electron chi connectivity index (χ4n) is 1.89. The molecule has 16 heavy (non-hydrogen) atoms. The lowest BCUT2D eigenvalue weighted by molar-refractivity contribution is -0.139. The van der Waals surface area contributed by atoms with Crippen LogP contribution in [0.3, 0.4) is 0 Å². The molecule has 1 saturated heterocycles. The molecule has 1 aliphatic rings. The Labute approximate surface area is 93.7 Å². The first kappa shape index (κ1) is 13.7. The van der Waals surface area contributed by atoms with E-state index in [0.717, 1.165) is 0 Å². The monoisotopic (exact) mass is 240 g/mol. The summed E-state index contributed by atoms with van der Waals surface area (Å²) in [5.41, 5.74) is 0. The van der Waals surface area contributed by atoms with E-state index in [0.29, 0.717) is 19.8 Å². The maximum Gasteiger partial charge on any atom is 0.390 e. The molecule has 0 aromatic rings. The summed E-state index contributed by atoms with van der Waals surface area (Å²) in [6.07, 6.45) is -4.88. The van der Waals surface area contributed by atoms with Crippen LogP contribution in [0.25, 0.3) is 0 Å². The number of hydrogen-bond acceptors (Lipinski definition) is 3. The number of rotatable bonds is 5. The van der Waals surface area contributed by atoms with Crippen molar-refractivity contribution in [2.75, 3.05) is 26.8 Å². The highest BCUT2D eigenvalue weighted by molar-refractivity contribution is 4.82. The van der Waals surface area contributed by atoms with Gasteiger partial charge in [-0.1, -0.05) is 0 Å². The van der Waals surface area contributed by atoms with Gasteiger partial charge in [-0.3, -0.25) is 0 Å². The van der Waals surface area contributed by atoms with Gasteiger partial charge < -0.3 is 15.4 Å². The van der Waals surface area contributed by atoms with E-state index in [9.17, 15) is 13.2 Å². The molecule has 1 aliphatic heterocycles. The summed E-state index contributed by atoms with van der Waals surface area (Å²) in [6, 6.07) is -0.302. The van der Waals surface area contributed by atoms with Crippen LogP contribution in [0.1, 0.15) is 13.3 Å². The number of hydrogen-bond donors (Lipinski definition) is 2. The normalized spacial score (nSPS) is 28.3. The Hall–Kier alpha value is -0.330. The predicted octanol–water partition coefficient (Wildman–Crippen LogP) is 1.15. The molecule has 6 heteroatoms. The van der Waals surface area contributed by atoms with Gasteiger partial charge in [0.05, 0.1) is 19.6 Å². The minimum atomic E-state index is -4.10. The topological polar surface area (TPSA) is 33.3 Å². The van der Waals surface area contributed by atoms with Crippen molar-refractivity contribution in [1.29, 1.82) is 0 Å².